The molecule has 3 fully saturated rings. The van der Waals surface area contributed by atoms with Gasteiger partial charge in [-0.15, -0.1) is 0 Å². The summed E-state index contributed by atoms with van der Waals surface area (Å²) in [6.07, 6.45) is 2.79. The predicted molar refractivity (Wildman–Crippen MR) is 121 cm³/mol. The Hall–Kier alpha value is -1.69. The normalized spacial score (nSPS) is 35.0. The van der Waals surface area contributed by atoms with Crippen LogP contribution in [0.25, 0.3) is 0 Å². The van der Waals surface area contributed by atoms with Crippen molar-refractivity contribution in [3.63, 3.8) is 0 Å². The second-order valence-corrected chi connectivity index (χ2v) is 10.5. The van der Waals surface area contributed by atoms with Crippen LogP contribution in [0.5, 0.6) is 0 Å². The van der Waals surface area contributed by atoms with Crippen LogP contribution in [0.15, 0.2) is 53.0 Å². The average molecular weight is 469 g/mol. The number of benzene rings is 2. The monoisotopic (exact) mass is 468 g/mol. The molecule has 4 nitrogen and oxygen atoms in total. The number of carbonyl (C=O) groups excluding carboxylic acids is 1. The van der Waals surface area contributed by atoms with Crippen LogP contribution in [-0.2, 0) is 11.0 Å². The molecule has 1 amide bonds. The molecule has 0 spiro atoms. The fourth-order valence-corrected chi connectivity index (χ4v) is 6.89. The summed E-state index contributed by atoms with van der Waals surface area (Å²) in [5, 5.41) is 11.0. The predicted octanol–water partition coefficient (Wildman–Crippen LogP) is 4.06. The number of aliphatic hydroxyl groups is 1. The van der Waals surface area contributed by atoms with E-state index >= 15 is 0 Å². The summed E-state index contributed by atoms with van der Waals surface area (Å²) in [7, 11) is 0. The van der Waals surface area contributed by atoms with Gasteiger partial charge in [0.1, 0.15) is 0 Å². The van der Waals surface area contributed by atoms with Crippen molar-refractivity contribution in [2.24, 2.45) is 23.5 Å². The molecule has 2 aliphatic carbocycles. The van der Waals surface area contributed by atoms with Crippen molar-refractivity contribution in [3.8, 4) is 0 Å². The van der Waals surface area contributed by atoms with Crippen molar-refractivity contribution < 1.29 is 9.90 Å². The molecule has 0 bridgehead atoms. The molecule has 5 rings (SSSR count). The fourth-order valence-electron chi connectivity index (χ4n) is 6.49. The Morgan fingerprint density at radius 1 is 1.13 bits per heavy atom. The highest BCUT2D eigenvalue weighted by atomic mass is 79.9. The molecule has 158 valence electrons. The summed E-state index contributed by atoms with van der Waals surface area (Å²) in [4.78, 5) is 14.2. The number of rotatable bonds is 6. The number of hydrogen-bond acceptors (Lipinski definition) is 3. The molecule has 2 unspecified atom stereocenters. The first kappa shape index (κ1) is 20.2. The number of hydrogen-bond donors (Lipinski definition) is 2. The molecule has 2 saturated carbocycles. The van der Waals surface area contributed by atoms with Crippen molar-refractivity contribution in [2.75, 3.05) is 19.6 Å². The molecule has 5 heteroatoms. The lowest BCUT2D eigenvalue weighted by Crippen LogP contribution is -2.46. The Labute approximate surface area is 186 Å². The Balaban J connectivity index is 1.20. The van der Waals surface area contributed by atoms with Gasteiger partial charge in [-0.05, 0) is 72.4 Å². The standard InChI is InChI=1S/C25H29BrN2O2/c1-2-25(19-7-3-5-17(9-19)23(27)29)21-14-28(15-22(21)25)13-16-11-24(30,12-16)18-6-4-8-20(26)10-18/h3-10,16,21-22,30H,2,11-15H2,1H3,(H2,27,29)/t16-,21?,22?,24-,25?. The fraction of sp³-hybridized carbons (Fsp3) is 0.480. The Morgan fingerprint density at radius 3 is 2.43 bits per heavy atom. The van der Waals surface area contributed by atoms with Gasteiger partial charge in [-0.25, -0.2) is 0 Å². The van der Waals surface area contributed by atoms with E-state index in [9.17, 15) is 9.90 Å². The SMILES string of the molecule is CCC1(c2cccc(C(N)=O)c2)C2CN(C[C@H]3C[C@@](O)(c4cccc(Br)c4)C3)CC21. The van der Waals surface area contributed by atoms with Gasteiger partial charge in [-0.1, -0.05) is 47.1 Å². The topological polar surface area (TPSA) is 66.6 Å². The average Bonchev–Trinajstić information content (AvgIpc) is 3.09. The summed E-state index contributed by atoms with van der Waals surface area (Å²) >= 11 is 3.51. The molecule has 2 atom stereocenters. The van der Waals surface area contributed by atoms with Crippen LogP contribution >= 0.6 is 15.9 Å². The van der Waals surface area contributed by atoms with Crippen LogP contribution in [0.1, 0.15) is 47.7 Å². The number of nitrogens with two attached hydrogens (primary N) is 1. The van der Waals surface area contributed by atoms with Crippen LogP contribution in [0.4, 0.5) is 0 Å². The summed E-state index contributed by atoms with van der Waals surface area (Å²) in [6.45, 7) is 5.57. The molecule has 3 aliphatic rings. The maximum absolute atomic E-state index is 11.6. The number of amides is 1. The zero-order chi connectivity index (χ0) is 21.1. The van der Waals surface area contributed by atoms with Crippen molar-refractivity contribution in [3.05, 3.63) is 69.7 Å². The highest BCUT2D eigenvalue weighted by Crippen LogP contribution is 2.65. The molecule has 0 aromatic heterocycles. The summed E-state index contributed by atoms with van der Waals surface area (Å²) in [5.41, 5.74) is 7.96. The molecule has 1 saturated heterocycles. The van der Waals surface area contributed by atoms with E-state index in [1.54, 1.807) is 0 Å². The third kappa shape index (κ3) is 3.14. The Morgan fingerprint density at radius 2 is 1.80 bits per heavy atom. The van der Waals surface area contributed by atoms with E-state index in [-0.39, 0.29) is 11.3 Å². The second kappa shape index (κ2) is 7.18. The zero-order valence-electron chi connectivity index (χ0n) is 17.4. The zero-order valence-corrected chi connectivity index (χ0v) is 18.9. The lowest BCUT2D eigenvalue weighted by Gasteiger charge is -2.46. The van der Waals surface area contributed by atoms with Crippen LogP contribution in [-0.4, -0.2) is 35.5 Å². The maximum atomic E-state index is 11.6. The first-order valence-electron chi connectivity index (χ1n) is 11.0. The third-order valence-electron chi connectivity index (χ3n) is 8.01. The number of fused-ring (bicyclic) bond motifs is 1. The molecule has 3 N–H and O–H groups in total. The maximum Gasteiger partial charge on any atom is 0.248 e. The molecule has 2 aromatic rings. The van der Waals surface area contributed by atoms with Gasteiger partial charge in [0.05, 0.1) is 5.60 Å². The van der Waals surface area contributed by atoms with Crippen LogP contribution < -0.4 is 5.73 Å². The van der Waals surface area contributed by atoms with Crippen LogP contribution in [0, 0.1) is 17.8 Å². The van der Waals surface area contributed by atoms with Crippen molar-refractivity contribution >= 4 is 21.8 Å². The molecule has 0 radical (unpaired) electrons. The first-order valence-corrected chi connectivity index (χ1v) is 11.8. The lowest BCUT2D eigenvalue weighted by atomic mass is 9.67. The Bertz CT molecular complexity index is 973. The molecular weight excluding hydrogens is 440 g/mol. The lowest BCUT2D eigenvalue weighted by molar-refractivity contribution is -0.0872. The quantitative estimate of drug-likeness (QED) is 0.671. The summed E-state index contributed by atoms with van der Waals surface area (Å²) in [6, 6.07) is 16.0. The van der Waals surface area contributed by atoms with Gasteiger partial charge in [0, 0.05) is 35.1 Å². The molecule has 1 heterocycles. The van der Waals surface area contributed by atoms with Crippen molar-refractivity contribution in [1.29, 1.82) is 0 Å². The minimum atomic E-state index is -0.667. The molecule has 30 heavy (non-hydrogen) atoms. The highest BCUT2D eigenvalue weighted by Gasteiger charge is 2.67. The van der Waals surface area contributed by atoms with E-state index in [0.717, 1.165) is 48.9 Å². The smallest absolute Gasteiger partial charge is 0.248 e. The van der Waals surface area contributed by atoms with Crippen molar-refractivity contribution in [2.45, 2.75) is 37.2 Å². The largest absolute Gasteiger partial charge is 0.385 e. The number of likely N-dealkylation sites (tertiary alicyclic amines) is 1. The number of piperidine rings is 1. The molecule has 2 aromatic carbocycles. The van der Waals surface area contributed by atoms with Crippen LogP contribution in [0.3, 0.4) is 0 Å². The number of primary amides is 1. The third-order valence-corrected chi connectivity index (χ3v) is 8.50. The van der Waals surface area contributed by atoms with Crippen LogP contribution in [0.2, 0.25) is 0 Å². The number of carbonyl (C=O) groups is 1. The van der Waals surface area contributed by atoms with Gasteiger partial charge < -0.3 is 15.7 Å². The van der Waals surface area contributed by atoms with Crippen molar-refractivity contribution in [1.82, 2.24) is 4.90 Å². The minimum Gasteiger partial charge on any atom is -0.385 e. The van der Waals surface area contributed by atoms with Gasteiger partial charge >= 0.3 is 0 Å². The number of halogens is 1. The first-order chi connectivity index (χ1) is 14.4. The van der Waals surface area contributed by atoms with E-state index in [1.807, 2.05) is 42.5 Å². The summed E-state index contributed by atoms with van der Waals surface area (Å²) in [5.74, 6) is 1.53. The number of nitrogens with zero attached hydrogens (tertiary/aromatic N) is 1. The van der Waals surface area contributed by atoms with E-state index in [0.29, 0.717) is 23.3 Å². The van der Waals surface area contributed by atoms with E-state index in [1.165, 1.54) is 5.56 Å². The Kier molecular flexibility index (Phi) is 4.84. The highest BCUT2D eigenvalue weighted by molar-refractivity contribution is 9.10. The van der Waals surface area contributed by atoms with Gasteiger partial charge in [0.15, 0.2) is 0 Å². The minimum absolute atomic E-state index is 0.207. The molecular formula is C25H29BrN2O2. The van der Waals surface area contributed by atoms with E-state index < -0.39 is 5.60 Å². The van der Waals surface area contributed by atoms with Gasteiger partial charge in [-0.2, -0.15) is 0 Å². The van der Waals surface area contributed by atoms with Gasteiger partial charge in [0.2, 0.25) is 5.91 Å². The van der Waals surface area contributed by atoms with E-state index in [2.05, 4.69) is 33.8 Å². The second-order valence-electron chi connectivity index (χ2n) is 9.59. The van der Waals surface area contributed by atoms with Gasteiger partial charge in [-0.3, -0.25) is 4.79 Å². The van der Waals surface area contributed by atoms with Gasteiger partial charge in [0.25, 0.3) is 0 Å². The van der Waals surface area contributed by atoms with E-state index in [4.69, 9.17) is 5.73 Å². The molecule has 1 aliphatic heterocycles. The summed E-state index contributed by atoms with van der Waals surface area (Å²) < 4.78 is 1.02.